The summed E-state index contributed by atoms with van der Waals surface area (Å²) in [5.74, 6) is 1.54. The van der Waals surface area contributed by atoms with Gasteiger partial charge in [-0.25, -0.2) is 9.98 Å². The lowest BCUT2D eigenvalue weighted by molar-refractivity contribution is 0.674. The van der Waals surface area contributed by atoms with Crippen molar-refractivity contribution in [1.82, 2.24) is 10.3 Å². The molecule has 1 unspecified atom stereocenters. The molecule has 0 radical (unpaired) electrons. The molecule has 2 heterocycles. The summed E-state index contributed by atoms with van der Waals surface area (Å²) in [4.78, 5) is 14.1. The molecule has 0 amide bonds. The van der Waals surface area contributed by atoms with Crippen LogP contribution >= 0.6 is 0 Å². The Bertz CT molecular complexity index is 2190. The highest BCUT2D eigenvalue weighted by Gasteiger charge is 2.21. The highest BCUT2D eigenvalue weighted by atomic mass is 15.2. The Morgan fingerprint density at radius 3 is 1.80 bits per heavy atom. The zero-order valence-corrected chi connectivity index (χ0v) is 25.1. The molecule has 1 N–H and O–H groups in total. The first-order valence-corrected chi connectivity index (χ1v) is 15.5. The van der Waals surface area contributed by atoms with E-state index in [-0.39, 0.29) is 6.17 Å². The van der Waals surface area contributed by atoms with Crippen LogP contribution < -0.4 is 5.32 Å². The van der Waals surface area contributed by atoms with Crippen molar-refractivity contribution in [3.05, 3.63) is 187 Å². The summed E-state index contributed by atoms with van der Waals surface area (Å²) in [7, 11) is 0. The maximum Gasteiger partial charge on any atom is 0.159 e. The Morgan fingerprint density at radius 1 is 0.457 bits per heavy atom. The molecule has 0 saturated carbocycles. The summed E-state index contributed by atoms with van der Waals surface area (Å²) in [6.45, 7) is 0. The second-order valence-electron chi connectivity index (χ2n) is 11.3. The molecule has 0 spiro atoms. The number of rotatable bonds is 6. The first kappa shape index (κ1) is 27.4. The van der Waals surface area contributed by atoms with Crippen LogP contribution in [0.15, 0.2) is 180 Å². The zero-order valence-electron chi connectivity index (χ0n) is 25.1. The van der Waals surface area contributed by atoms with Crippen molar-refractivity contribution in [2.75, 3.05) is 0 Å². The van der Waals surface area contributed by atoms with E-state index in [1.807, 2.05) is 60.9 Å². The Balaban J connectivity index is 1.18. The molecule has 1 atom stereocenters. The third-order valence-corrected chi connectivity index (χ3v) is 8.48. The van der Waals surface area contributed by atoms with Gasteiger partial charge in [0.25, 0.3) is 0 Å². The van der Waals surface area contributed by atoms with Gasteiger partial charge < -0.3 is 5.32 Å². The SMILES string of the molecule is c1ccc(C2=NC(c3ccc(-c4c(-c5ccc(-c6ccncc6)cc5)ccc5ccccc45)cc3)NC(c3ccccc3)=N2)cc1. The van der Waals surface area contributed by atoms with Crippen LogP contribution in [-0.4, -0.2) is 16.7 Å². The van der Waals surface area contributed by atoms with E-state index in [9.17, 15) is 0 Å². The van der Waals surface area contributed by atoms with Gasteiger partial charge in [0.2, 0.25) is 0 Å². The second-order valence-corrected chi connectivity index (χ2v) is 11.3. The lowest BCUT2D eigenvalue weighted by Gasteiger charge is -2.24. The molecule has 46 heavy (non-hydrogen) atoms. The van der Waals surface area contributed by atoms with Crippen LogP contribution in [-0.2, 0) is 0 Å². The number of nitrogens with zero attached hydrogens (tertiary/aromatic N) is 3. The second kappa shape index (κ2) is 12.1. The quantitative estimate of drug-likeness (QED) is 0.210. The molecule has 4 nitrogen and oxygen atoms in total. The van der Waals surface area contributed by atoms with Crippen LogP contribution in [0.3, 0.4) is 0 Å². The molecule has 1 aromatic heterocycles. The van der Waals surface area contributed by atoms with Crippen molar-refractivity contribution in [3.63, 3.8) is 0 Å². The first-order chi connectivity index (χ1) is 22.8. The minimum absolute atomic E-state index is 0.273. The number of aliphatic imine (C=N–C) groups is 2. The van der Waals surface area contributed by atoms with Gasteiger partial charge in [-0.2, -0.15) is 0 Å². The van der Waals surface area contributed by atoms with E-state index in [2.05, 4.69) is 119 Å². The van der Waals surface area contributed by atoms with Gasteiger partial charge in [-0.3, -0.25) is 4.98 Å². The van der Waals surface area contributed by atoms with Crippen molar-refractivity contribution >= 4 is 22.4 Å². The number of hydrogen-bond acceptors (Lipinski definition) is 4. The molecule has 0 saturated heterocycles. The maximum absolute atomic E-state index is 5.06. The zero-order chi connectivity index (χ0) is 30.7. The van der Waals surface area contributed by atoms with Crippen LogP contribution in [0.25, 0.3) is 44.2 Å². The van der Waals surface area contributed by atoms with Crippen molar-refractivity contribution in [2.24, 2.45) is 9.98 Å². The fraction of sp³-hybridized carbons (Fsp3) is 0.0238. The minimum atomic E-state index is -0.273. The van der Waals surface area contributed by atoms with E-state index in [1.54, 1.807) is 0 Å². The molecular weight excluding hydrogens is 560 g/mol. The smallest absolute Gasteiger partial charge is 0.159 e. The van der Waals surface area contributed by atoms with E-state index in [0.29, 0.717) is 0 Å². The first-order valence-electron chi connectivity index (χ1n) is 15.5. The Kier molecular flexibility index (Phi) is 7.21. The van der Waals surface area contributed by atoms with E-state index in [4.69, 9.17) is 9.98 Å². The van der Waals surface area contributed by atoms with E-state index in [1.165, 1.54) is 33.0 Å². The molecular formula is C42H30N4. The third kappa shape index (κ3) is 5.37. The predicted octanol–water partition coefficient (Wildman–Crippen LogP) is 9.73. The molecule has 8 rings (SSSR count). The summed E-state index contributed by atoms with van der Waals surface area (Å²) >= 11 is 0. The molecule has 218 valence electrons. The number of fused-ring (bicyclic) bond motifs is 1. The monoisotopic (exact) mass is 590 g/mol. The average molecular weight is 591 g/mol. The van der Waals surface area contributed by atoms with Gasteiger partial charge in [0, 0.05) is 23.5 Å². The standard InChI is InChI=1S/C42H30N4/c1-3-10-34(11-4-1)40-44-41(35-12-5-2-6-13-35)46-42(45-40)36-21-19-33(20-22-36)39-37-14-8-7-9-31(37)23-24-38(39)32-17-15-29(16-18-32)30-25-27-43-28-26-30/h1-28,42H,(H,44,45,46). The summed E-state index contributed by atoms with van der Waals surface area (Å²) in [6, 6.07) is 55.2. The number of benzene rings is 6. The highest BCUT2D eigenvalue weighted by molar-refractivity contribution is 6.13. The molecule has 0 aliphatic carbocycles. The average Bonchev–Trinajstić information content (AvgIpc) is 3.15. The third-order valence-electron chi connectivity index (χ3n) is 8.48. The van der Waals surface area contributed by atoms with Crippen molar-refractivity contribution in [3.8, 4) is 33.4 Å². The summed E-state index contributed by atoms with van der Waals surface area (Å²) in [5.41, 5.74) is 10.2. The number of amidine groups is 2. The van der Waals surface area contributed by atoms with Crippen LogP contribution in [0.2, 0.25) is 0 Å². The van der Waals surface area contributed by atoms with Gasteiger partial charge in [-0.1, -0.05) is 146 Å². The van der Waals surface area contributed by atoms with Gasteiger partial charge in [0.15, 0.2) is 5.84 Å². The molecule has 6 aromatic carbocycles. The summed E-state index contributed by atoms with van der Waals surface area (Å²) in [5, 5.41) is 6.03. The molecule has 1 aliphatic heterocycles. The van der Waals surface area contributed by atoms with Crippen LogP contribution in [0.1, 0.15) is 22.9 Å². The molecule has 1 aliphatic rings. The predicted molar refractivity (Wildman–Crippen MR) is 190 cm³/mol. The van der Waals surface area contributed by atoms with Crippen molar-refractivity contribution < 1.29 is 0 Å². The lowest BCUT2D eigenvalue weighted by atomic mass is 9.89. The van der Waals surface area contributed by atoms with E-state index >= 15 is 0 Å². The maximum atomic E-state index is 5.06. The highest BCUT2D eigenvalue weighted by Crippen LogP contribution is 2.39. The number of aromatic nitrogens is 1. The fourth-order valence-electron chi connectivity index (χ4n) is 6.12. The largest absolute Gasteiger partial charge is 0.344 e. The normalized spacial score (nSPS) is 14.3. The summed E-state index contributed by atoms with van der Waals surface area (Å²) < 4.78 is 0. The van der Waals surface area contributed by atoms with Crippen molar-refractivity contribution in [2.45, 2.75) is 6.17 Å². The van der Waals surface area contributed by atoms with Crippen LogP contribution in [0.4, 0.5) is 0 Å². The van der Waals surface area contributed by atoms with E-state index in [0.717, 1.165) is 39.5 Å². The van der Waals surface area contributed by atoms with Gasteiger partial charge in [-0.15, -0.1) is 0 Å². The van der Waals surface area contributed by atoms with Crippen LogP contribution in [0, 0.1) is 0 Å². The summed E-state index contributed by atoms with van der Waals surface area (Å²) in [6.07, 6.45) is 3.39. The van der Waals surface area contributed by atoms with Gasteiger partial charge in [0.1, 0.15) is 12.0 Å². The topological polar surface area (TPSA) is 49.6 Å². The Hall–Kier alpha value is -6.13. The number of nitrogens with one attached hydrogen (secondary N) is 1. The molecule has 0 bridgehead atoms. The molecule has 7 aromatic rings. The molecule has 4 heteroatoms. The number of pyridine rings is 1. The fourth-order valence-corrected chi connectivity index (χ4v) is 6.12. The van der Waals surface area contributed by atoms with Gasteiger partial charge in [-0.05, 0) is 61.8 Å². The lowest BCUT2D eigenvalue weighted by Crippen LogP contribution is -2.33. The Labute approximate surface area is 268 Å². The minimum Gasteiger partial charge on any atom is -0.344 e. The van der Waals surface area contributed by atoms with Crippen molar-refractivity contribution in [1.29, 1.82) is 0 Å². The van der Waals surface area contributed by atoms with Gasteiger partial charge in [0.05, 0.1) is 0 Å². The van der Waals surface area contributed by atoms with Gasteiger partial charge >= 0.3 is 0 Å². The molecule has 0 fully saturated rings. The van der Waals surface area contributed by atoms with E-state index < -0.39 is 0 Å². The Morgan fingerprint density at radius 2 is 1.07 bits per heavy atom. The number of hydrogen-bond donors (Lipinski definition) is 1. The van der Waals surface area contributed by atoms with Crippen LogP contribution in [0.5, 0.6) is 0 Å².